The molecule has 0 bridgehead atoms. The zero-order valence-electron chi connectivity index (χ0n) is 16.1. The summed E-state index contributed by atoms with van der Waals surface area (Å²) < 4.78 is 68.8. The third-order valence-electron chi connectivity index (χ3n) is 4.56. The lowest BCUT2D eigenvalue weighted by Crippen LogP contribution is -2.50. The van der Waals surface area contributed by atoms with Crippen LogP contribution in [0.1, 0.15) is 15.9 Å². The Hall–Kier alpha value is -2.66. The van der Waals surface area contributed by atoms with Gasteiger partial charge in [-0.15, -0.1) is 0 Å². The van der Waals surface area contributed by atoms with Crippen molar-refractivity contribution in [3.63, 3.8) is 0 Å². The molecule has 1 saturated heterocycles. The maximum Gasteiger partial charge on any atom is 0.422 e. The molecule has 7 nitrogen and oxygen atoms in total. The van der Waals surface area contributed by atoms with Gasteiger partial charge in [-0.25, -0.2) is 13.4 Å². The monoisotopic (exact) mass is 443 g/mol. The highest BCUT2D eigenvalue weighted by Gasteiger charge is 2.33. The Morgan fingerprint density at radius 2 is 1.73 bits per heavy atom. The predicted octanol–water partition coefficient (Wildman–Crippen LogP) is 2.48. The summed E-state index contributed by atoms with van der Waals surface area (Å²) in [5.41, 5.74) is 0.834. The number of piperazine rings is 1. The summed E-state index contributed by atoms with van der Waals surface area (Å²) in [6, 6.07) is 9.22. The molecule has 11 heteroatoms. The van der Waals surface area contributed by atoms with Gasteiger partial charge in [0, 0.05) is 32.4 Å². The zero-order chi connectivity index (χ0) is 21.9. The van der Waals surface area contributed by atoms with Crippen molar-refractivity contribution in [2.24, 2.45) is 0 Å². The lowest BCUT2D eigenvalue weighted by molar-refractivity contribution is -0.154. The van der Waals surface area contributed by atoms with E-state index in [0.717, 1.165) is 5.56 Å². The van der Waals surface area contributed by atoms with Crippen molar-refractivity contribution in [2.45, 2.75) is 18.0 Å². The molecule has 2 aromatic rings. The predicted molar refractivity (Wildman–Crippen MR) is 102 cm³/mol. The first-order valence-electron chi connectivity index (χ1n) is 9.08. The van der Waals surface area contributed by atoms with Crippen molar-refractivity contribution in [3.8, 4) is 5.88 Å². The molecule has 2 heterocycles. The van der Waals surface area contributed by atoms with Crippen LogP contribution in [-0.4, -0.2) is 67.5 Å². The summed E-state index contributed by atoms with van der Waals surface area (Å²) in [6.07, 6.45) is -3.33. The van der Waals surface area contributed by atoms with Crippen LogP contribution >= 0.6 is 0 Å². The molecule has 0 unspecified atom stereocenters. The average Bonchev–Trinajstić information content (AvgIpc) is 2.72. The number of sulfonamides is 1. The molecule has 0 spiro atoms. The Morgan fingerprint density at radius 1 is 1.10 bits per heavy atom. The Balaban J connectivity index is 1.68. The highest BCUT2D eigenvalue weighted by atomic mass is 32.2. The number of rotatable bonds is 5. The van der Waals surface area contributed by atoms with Crippen LogP contribution in [0.25, 0.3) is 0 Å². The van der Waals surface area contributed by atoms with Gasteiger partial charge in [-0.05, 0) is 31.2 Å². The molecule has 162 valence electrons. The van der Waals surface area contributed by atoms with Gasteiger partial charge in [0.15, 0.2) is 6.61 Å². The van der Waals surface area contributed by atoms with Crippen LogP contribution in [0, 0.1) is 6.92 Å². The van der Waals surface area contributed by atoms with E-state index in [2.05, 4.69) is 9.72 Å². The number of hydrogen-bond acceptors (Lipinski definition) is 5. The van der Waals surface area contributed by atoms with Crippen LogP contribution in [0.15, 0.2) is 47.5 Å². The van der Waals surface area contributed by atoms with Gasteiger partial charge in [0.1, 0.15) is 5.56 Å². The number of aryl methyl sites for hydroxylation is 1. The van der Waals surface area contributed by atoms with Crippen molar-refractivity contribution in [1.29, 1.82) is 0 Å². The topological polar surface area (TPSA) is 79.8 Å². The van der Waals surface area contributed by atoms with E-state index in [0.29, 0.717) is 0 Å². The minimum absolute atomic E-state index is 0.0704. The minimum atomic E-state index is -4.56. The lowest BCUT2D eigenvalue weighted by Gasteiger charge is -2.34. The van der Waals surface area contributed by atoms with E-state index in [1.54, 1.807) is 12.1 Å². The molecule has 0 aliphatic carbocycles. The van der Waals surface area contributed by atoms with E-state index >= 15 is 0 Å². The number of hydrogen-bond donors (Lipinski definition) is 0. The third kappa shape index (κ3) is 5.08. The molecule has 1 aliphatic heterocycles. The summed E-state index contributed by atoms with van der Waals surface area (Å²) in [5.74, 6) is -0.970. The van der Waals surface area contributed by atoms with Crippen LogP contribution in [0.3, 0.4) is 0 Å². The van der Waals surface area contributed by atoms with Crippen molar-refractivity contribution in [3.05, 3.63) is 53.7 Å². The fourth-order valence-corrected chi connectivity index (χ4v) is 4.40. The molecular formula is C19H20F3N3O4S. The first kappa shape index (κ1) is 22.0. The van der Waals surface area contributed by atoms with Crippen LogP contribution in [-0.2, 0) is 10.0 Å². The fraction of sp³-hybridized carbons (Fsp3) is 0.368. The minimum Gasteiger partial charge on any atom is -0.467 e. The fourth-order valence-electron chi connectivity index (χ4n) is 2.98. The molecule has 1 amide bonds. The molecule has 1 aliphatic rings. The van der Waals surface area contributed by atoms with Gasteiger partial charge >= 0.3 is 6.18 Å². The SMILES string of the molecule is Cc1ccc(S(=O)(=O)N2CCN(C(=O)c3cccnc3OCC(F)(F)F)CC2)cc1. The summed E-state index contributed by atoms with van der Waals surface area (Å²) in [6.45, 7) is 0.621. The number of carbonyl (C=O) groups excluding carboxylic acids is 1. The number of carbonyl (C=O) groups is 1. The molecule has 1 fully saturated rings. The number of ether oxygens (including phenoxy) is 1. The van der Waals surface area contributed by atoms with E-state index in [1.807, 2.05) is 6.92 Å². The summed E-state index contributed by atoms with van der Waals surface area (Å²) >= 11 is 0. The number of pyridine rings is 1. The molecule has 0 radical (unpaired) electrons. The van der Waals surface area contributed by atoms with E-state index in [1.165, 1.54) is 39.7 Å². The third-order valence-corrected chi connectivity index (χ3v) is 6.47. The first-order chi connectivity index (χ1) is 14.1. The van der Waals surface area contributed by atoms with E-state index in [-0.39, 0.29) is 36.6 Å². The number of alkyl halides is 3. The second kappa shape index (κ2) is 8.60. The number of aromatic nitrogens is 1. The molecule has 1 aromatic heterocycles. The normalized spacial score (nSPS) is 15.8. The molecule has 1 aromatic carbocycles. The Morgan fingerprint density at radius 3 is 2.33 bits per heavy atom. The van der Waals surface area contributed by atoms with Gasteiger partial charge in [0.2, 0.25) is 15.9 Å². The maximum absolute atomic E-state index is 12.8. The van der Waals surface area contributed by atoms with Gasteiger partial charge < -0.3 is 9.64 Å². The second-order valence-corrected chi connectivity index (χ2v) is 8.71. The lowest BCUT2D eigenvalue weighted by atomic mass is 10.2. The van der Waals surface area contributed by atoms with E-state index in [4.69, 9.17) is 0 Å². The first-order valence-corrected chi connectivity index (χ1v) is 10.5. The average molecular weight is 443 g/mol. The number of amides is 1. The van der Waals surface area contributed by atoms with Crippen molar-refractivity contribution in [1.82, 2.24) is 14.2 Å². The van der Waals surface area contributed by atoms with Gasteiger partial charge in [-0.3, -0.25) is 4.79 Å². The van der Waals surface area contributed by atoms with Crippen molar-refractivity contribution < 1.29 is 31.1 Å². The Labute approximate surface area is 172 Å². The van der Waals surface area contributed by atoms with E-state index in [9.17, 15) is 26.4 Å². The summed E-state index contributed by atoms with van der Waals surface area (Å²) in [5, 5.41) is 0. The van der Waals surface area contributed by atoms with Gasteiger partial charge in [0.05, 0.1) is 4.90 Å². The van der Waals surface area contributed by atoms with Crippen LogP contribution in [0.2, 0.25) is 0 Å². The van der Waals surface area contributed by atoms with Gasteiger partial charge in [-0.2, -0.15) is 17.5 Å². The zero-order valence-corrected chi connectivity index (χ0v) is 16.9. The summed E-state index contributed by atoms with van der Waals surface area (Å²) in [4.78, 5) is 18.0. The standard InChI is InChI=1S/C19H20F3N3O4S/c1-14-4-6-15(7-5-14)30(27,28)25-11-9-24(10-12-25)18(26)16-3-2-8-23-17(16)29-13-19(20,21)22/h2-8H,9-13H2,1H3. The number of halogens is 3. The van der Waals surface area contributed by atoms with Crippen LogP contribution < -0.4 is 4.74 Å². The quantitative estimate of drug-likeness (QED) is 0.710. The van der Waals surface area contributed by atoms with E-state index < -0.39 is 34.6 Å². The number of benzene rings is 1. The smallest absolute Gasteiger partial charge is 0.422 e. The maximum atomic E-state index is 12.8. The van der Waals surface area contributed by atoms with Crippen molar-refractivity contribution in [2.75, 3.05) is 32.8 Å². The summed E-state index contributed by atoms with van der Waals surface area (Å²) in [7, 11) is -3.69. The molecule has 0 N–H and O–H groups in total. The highest BCUT2D eigenvalue weighted by molar-refractivity contribution is 7.89. The Bertz CT molecular complexity index is 1000. The molecule has 30 heavy (non-hydrogen) atoms. The highest BCUT2D eigenvalue weighted by Crippen LogP contribution is 2.23. The molecule has 0 saturated carbocycles. The second-order valence-electron chi connectivity index (χ2n) is 6.77. The largest absolute Gasteiger partial charge is 0.467 e. The van der Waals surface area contributed by atoms with Gasteiger partial charge in [-0.1, -0.05) is 17.7 Å². The van der Waals surface area contributed by atoms with Gasteiger partial charge in [0.25, 0.3) is 5.91 Å². The van der Waals surface area contributed by atoms with Crippen LogP contribution in [0.5, 0.6) is 5.88 Å². The Kier molecular flexibility index (Phi) is 6.32. The van der Waals surface area contributed by atoms with Crippen molar-refractivity contribution >= 4 is 15.9 Å². The number of nitrogens with zero attached hydrogens (tertiary/aromatic N) is 3. The molecule has 3 rings (SSSR count). The molecule has 0 atom stereocenters. The van der Waals surface area contributed by atoms with Crippen LogP contribution in [0.4, 0.5) is 13.2 Å². The molecular weight excluding hydrogens is 423 g/mol.